The topological polar surface area (TPSA) is 120 Å². The second-order valence-corrected chi connectivity index (χ2v) is 12.4. The van der Waals surface area contributed by atoms with Crippen molar-refractivity contribution in [3.05, 3.63) is 94.5 Å². The van der Waals surface area contributed by atoms with Crippen LogP contribution in [0.15, 0.2) is 72.4 Å². The van der Waals surface area contributed by atoms with Gasteiger partial charge in [0.2, 0.25) is 0 Å². The molecular weight excluding hydrogens is 561 g/mol. The monoisotopic (exact) mass is 583 g/mol. The molecule has 5 rings (SSSR count). The first-order chi connectivity index (χ1) is 18.6. The zero-order chi connectivity index (χ0) is 27.6. The first kappa shape index (κ1) is 26.9. The Balaban J connectivity index is 1.36. The number of thiazole rings is 1. The van der Waals surface area contributed by atoms with Crippen LogP contribution >= 0.6 is 22.9 Å². The lowest BCUT2D eigenvalue weighted by molar-refractivity contribution is 0.306. The van der Waals surface area contributed by atoms with Crippen molar-refractivity contribution in [1.29, 1.82) is 0 Å². The van der Waals surface area contributed by atoms with Gasteiger partial charge in [-0.3, -0.25) is 0 Å². The largest absolute Gasteiger partial charge is 0.487 e. The fourth-order valence-corrected chi connectivity index (χ4v) is 5.85. The van der Waals surface area contributed by atoms with Crippen LogP contribution in [0.5, 0.6) is 5.75 Å². The Kier molecular flexibility index (Phi) is 7.76. The maximum Gasteiger partial charge on any atom is 0.149 e. The molecule has 12 heteroatoms. The number of anilines is 2. The lowest BCUT2D eigenvalue weighted by Crippen LogP contribution is -2.21. The van der Waals surface area contributed by atoms with E-state index in [0.29, 0.717) is 38.5 Å². The summed E-state index contributed by atoms with van der Waals surface area (Å²) in [5.74, 6) is 0.534. The van der Waals surface area contributed by atoms with Crippen LogP contribution in [0.3, 0.4) is 0 Å². The van der Waals surface area contributed by atoms with Crippen LogP contribution in [-0.2, 0) is 16.4 Å². The van der Waals surface area contributed by atoms with Crippen LogP contribution in [0.1, 0.15) is 17.3 Å². The smallest absolute Gasteiger partial charge is 0.149 e. The van der Waals surface area contributed by atoms with Crippen molar-refractivity contribution in [3.8, 4) is 16.3 Å². The number of nitrogens with zero attached hydrogens (tertiary/aromatic N) is 3. The van der Waals surface area contributed by atoms with Crippen molar-refractivity contribution in [2.75, 3.05) is 17.3 Å². The van der Waals surface area contributed by atoms with E-state index in [0.717, 1.165) is 22.7 Å². The van der Waals surface area contributed by atoms with Gasteiger partial charge in [-0.2, -0.15) is 0 Å². The zero-order valence-electron chi connectivity index (χ0n) is 20.6. The molecule has 1 unspecified atom stereocenters. The third-order valence-corrected chi connectivity index (χ3v) is 7.91. The number of hydrogen-bond acceptors (Lipinski definition) is 9. The number of aromatic nitrogens is 3. The second-order valence-electron chi connectivity index (χ2n) is 8.92. The van der Waals surface area contributed by atoms with Crippen LogP contribution in [0.4, 0.5) is 15.9 Å². The molecule has 8 nitrogen and oxygen atoms in total. The summed E-state index contributed by atoms with van der Waals surface area (Å²) in [6, 6.07) is 16.4. The van der Waals surface area contributed by atoms with Crippen molar-refractivity contribution in [3.63, 3.8) is 0 Å². The number of nitrogens with one attached hydrogen (secondary N) is 1. The molecule has 0 aliphatic heterocycles. The molecule has 0 aliphatic carbocycles. The fourth-order valence-electron chi connectivity index (χ4n) is 3.91. The Bertz CT molecular complexity index is 1760. The first-order valence-corrected chi connectivity index (χ1v) is 15.0. The van der Waals surface area contributed by atoms with E-state index in [2.05, 4.69) is 20.3 Å². The van der Waals surface area contributed by atoms with Crippen molar-refractivity contribution >= 4 is 55.2 Å². The summed E-state index contributed by atoms with van der Waals surface area (Å²) in [5, 5.41) is 6.90. The SMILES string of the molecule is CS(=O)(=O)CC(N)c1csc(-c2ccc3ncnc(Nc4ccc(OCc5cccc(F)c5)c(Cl)c4)c3c2)n1. The molecule has 0 fully saturated rings. The summed E-state index contributed by atoms with van der Waals surface area (Å²) in [6.45, 7) is 0.182. The highest BCUT2D eigenvalue weighted by Gasteiger charge is 2.17. The third kappa shape index (κ3) is 6.69. The number of hydrogen-bond donors (Lipinski definition) is 2. The highest BCUT2D eigenvalue weighted by molar-refractivity contribution is 7.90. The van der Waals surface area contributed by atoms with E-state index in [-0.39, 0.29) is 18.2 Å². The average Bonchev–Trinajstić information content (AvgIpc) is 3.38. The van der Waals surface area contributed by atoms with E-state index in [1.807, 2.05) is 18.2 Å². The molecule has 5 aromatic rings. The van der Waals surface area contributed by atoms with Crippen molar-refractivity contribution < 1.29 is 17.5 Å². The van der Waals surface area contributed by atoms with Gasteiger partial charge in [-0.15, -0.1) is 11.3 Å². The number of fused-ring (bicyclic) bond motifs is 1. The summed E-state index contributed by atoms with van der Waals surface area (Å²) in [7, 11) is -3.23. The van der Waals surface area contributed by atoms with Gasteiger partial charge in [-0.1, -0.05) is 23.7 Å². The molecule has 0 spiro atoms. The van der Waals surface area contributed by atoms with Gasteiger partial charge in [0.25, 0.3) is 0 Å². The lowest BCUT2D eigenvalue weighted by atomic mass is 10.1. The summed E-state index contributed by atoms with van der Waals surface area (Å²) < 4.78 is 42.4. The van der Waals surface area contributed by atoms with E-state index in [4.69, 9.17) is 22.1 Å². The molecule has 0 amide bonds. The van der Waals surface area contributed by atoms with E-state index in [1.54, 1.807) is 35.7 Å². The molecule has 3 N–H and O–H groups in total. The van der Waals surface area contributed by atoms with E-state index < -0.39 is 15.9 Å². The van der Waals surface area contributed by atoms with Crippen molar-refractivity contribution in [1.82, 2.24) is 15.0 Å². The lowest BCUT2D eigenvalue weighted by Gasteiger charge is -2.12. The minimum Gasteiger partial charge on any atom is -0.487 e. The Morgan fingerprint density at radius 1 is 1.13 bits per heavy atom. The van der Waals surface area contributed by atoms with Gasteiger partial charge in [0.1, 0.15) is 45.2 Å². The predicted molar refractivity (Wildman–Crippen MR) is 153 cm³/mol. The predicted octanol–water partition coefficient (Wildman–Crippen LogP) is 5.91. The van der Waals surface area contributed by atoms with Crippen LogP contribution in [-0.4, -0.2) is 35.4 Å². The zero-order valence-corrected chi connectivity index (χ0v) is 23.0. The molecule has 0 saturated heterocycles. The summed E-state index contributed by atoms with van der Waals surface area (Å²) >= 11 is 7.84. The Labute approximate surface area is 233 Å². The molecule has 0 bridgehead atoms. The van der Waals surface area contributed by atoms with Crippen LogP contribution in [0, 0.1) is 5.82 Å². The molecule has 3 aromatic carbocycles. The maximum atomic E-state index is 13.4. The van der Waals surface area contributed by atoms with Gasteiger partial charge >= 0.3 is 0 Å². The summed E-state index contributed by atoms with van der Waals surface area (Å²) in [6.07, 6.45) is 2.62. The van der Waals surface area contributed by atoms with E-state index in [1.165, 1.54) is 29.8 Å². The molecule has 1 atom stereocenters. The molecule has 200 valence electrons. The number of nitrogens with two attached hydrogens (primary N) is 1. The number of halogens is 2. The number of benzene rings is 3. The normalized spacial score (nSPS) is 12.4. The Morgan fingerprint density at radius 2 is 1.97 bits per heavy atom. The van der Waals surface area contributed by atoms with Gasteiger partial charge in [0.05, 0.1) is 28.0 Å². The van der Waals surface area contributed by atoms with E-state index in [9.17, 15) is 12.8 Å². The molecule has 0 radical (unpaired) electrons. The maximum absolute atomic E-state index is 13.4. The number of rotatable bonds is 9. The number of ether oxygens (including phenoxy) is 1. The van der Waals surface area contributed by atoms with Gasteiger partial charge in [0.15, 0.2) is 0 Å². The van der Waals surface area contributed by atoms with Gasteiger partial charge < -0.3 is 15.8 Å². The number of sulfone groups is 1. The molecule has 39 heavy (non-hydrogen) atoms. The first-order valence-electron chi connectivity index (χ1n) is 11.7. The summed E-state index contributed by atoms with van der Waals surface area (Å²) in [5.41, 5.74) is 9.51. The highest BCUT2D eigenvalue weighted by Crippen LogP contribution is 2.33. The highest BCUT2D eigenvalue weighted by atomic mass is 35.5. The standard InChI is InChI=1S/C27H23ClFN5O3S2/c1-39(35,36)14-22(30)24-13-38-27(34-24)17-5-7-23-20(10-17)26(32-15-31-23)33-19-6-8-25(21(28)11-19)37-12-16-3-2-4-18(29)9-16/h2-11,13,15,22H,12,14,30H2,1H3,(H,31,32,33). The fraction of sp³-hybridized carbons (Fsp3) is 0.148. The third-order valence-electron chi connectivity index (χ3n) is 5.74. The van der Waals surface area contributed by atoms with Crippen LogP contribution in [0.2, 0.25) is 5.02 Å². The van der Waals surface area contributed by atoms with Gasteiger partial charge in [-0.25, -0.2) is 27.8 Å². The summed E-state index contributed by atoms with van der Waals surface area (Å²) in [4.78, 5) is 13.3. The molecule has 0 aliphatic rings. The Hall–Kier alpha value is -3.64. The second kappa shape index (κ2) is 11.2. The van der Waals surface area contributed by atoms with Crippen molar-refractivity contribution in [2.24, 2.45) is 5.73 Å². The molecule has 2 aromatic heterocycles. The minimum atomic E-state index is -3.23. The Morgan fingerprint density at radius 3 is 2.74 bits per heavy atom. The molecular formula is C27H23ClFN5O3S2. The van der Waals surface area contributed by atoms with Crippen LogP contribution < -0.4 is 15.8 Å². The quantitative estimate of drug-likeness (QED) is 0.220. The van der Waals surface area contributed by atoms with Gasteiger partial charge in [0, 0.05) is 28.3 Å². The minimum absolute atomic E-state index is 0.174. The molecule has 0 saturated carbocycles. The van der Waals surface area contributed by atoms with Gasteiger partial charge in [-0.05, 0) is 54.1 Å². The molecule has 2 heterocycles. The van der Waals surface area contributed by atoms with Crippen molar-refractivity contribution in [2.45, 2.75) is 12.6 Å². The van der Waals surface area contributed by atoms with Crippen LogP contribution in [0.25, 0.3) is 21.5 Å². The van der Waals surface area contributed by atoms with E-state index >= 15 is 0 Å². The average molecular weight is 584 g/mol.